The number of benzene rings is 4. The van der Waals surface area contributed by atoms with Gasteiger partial charge < -0.3 is 20.7 Å². The Kier molecular flexibility index (Phi) is 13.1. The van der Waals surface area contributed by atoms with Crippen LogP contribution in [0.4, 0.5) is 15.1 Å². The summed E-state index contributed by atoms with van der Waals surface area (Å²) in [6.45, 7) is 2.00. The van der Waals surface area contributed by atoms with Crippen molar-refractivity contribution >= 4 is 63.6 Å². The van der Waals surface area contributed by atoms with Crippen molar-refractivity contribution in [3.63, 3.8) is 0 Å². The first-order valence-electron chi connectivity index (χ1n) is 17.9. The van der Waals surface area contributed by atoms with Crippen LogP contribution in [0.5, 0.6) is 0 Å². The maximum absolute atomic E-state index is 14.7. The summed E-state index contributed by atoms with van der Waals surface area (Å²) >= 11 is 2.74. The summed E-state index contributed by atoms with van der Waals surface area (Å²) in [5.74, 6) is -2.48. The summed E-state index contributed by atoms with van der Waals surface area (Å²) < 4.78 is 20.1. The van der Waals surface area contributed by atoms with Gasteiger partial charge in [-0.05, 0) is 86.2 Å². The topological polar surface area (TPSA) is 114 Å². The second-order valence-corrected chi connectivity index (χ2v) is 14.9. The Hall–Kier alpha value is -5.52. The number of hydrogen-bond acceptors (Lipinski definition) is 7. The maximum Gasteiger partial charge on any atom is 0.341 e. The van der Waals surface area contributed by atoms with Gasteiger partial charge in [0.1, 0.15) is 21.8 Å². The summed E-state index contributed by atoms with van der Waals surface area (Å²) in [6, 6.07) is 30.7. The average Bonchev–Trinajstić information content (AvgIpc) is 3.50. The number of carbonyl (C=O) groups is 4. The fourth-order valence-corrected chi connectivity index (χ4v) is 8.54. The van der Waals surface area contributed by atoms with Crippen molar-refractivity contribution in [1.29, 1.82) is 0 Å². The highest BCUT2D eigenvalue weighted by Crippen LogP contribution is 2.41. The van der Waals surface area contributed by atoms with E-state index in [1.54, 1.807) is 61.5 Å². The number of amides is 3. The minimum atomic E-state index is -0.724. The van der Waals surface area contributed by atoms with Gasteiger partial charge in [0.25, 0.3) is 11.8 Å². The molecule has 1 aromatic heterocycles. The number of nitrogens with one attached hydrogen (secondary N) is 3. The normalized spacial score (nSPS) is 13.4. The van der Waals surface area contributed by atoms with E-state index in [0.717, 1.165) is 54.5 Å². The Morgan fingerprint density at radius 3 is 2.28 bits per heavy atom. The number of carbonyl (C=O) groups excluding carboxylic acids is 4. The monoisotopic (exact) mass is 761 g/mol. The van der Waals surface area contributed by atoms with Crippen LogP contribution in [-0.2, 0) is 27.2 Å². The number of hydrogen-bond donors (Lipinski definition) is 3. The maximum atomic E-state index is 14.7. The lowest BCUT2D eigenvalue weighted by molar-refractivity contribution is -0.116. The van der Waals surface area contributed by atoms with Crippen LogP contribution >= 0.6 is 23.1 Å². The number of fused-ring (bicyclic) bond motifs is 1. The predicted octanol–water partition coefficient (Wildman–Crippen LogP) is 9.60. The van der Waals surface area contributed by atoms with Gasteiger partial charge in [-0.1, -0.05) is 85.6 Å². The fourth-order valence-electron chi connectivity index (χ4n) is 6.18. The van der Waals surface area contributed by atoms with Gasteiger partial charge in [-0.2, -0.15) is 0 Å². The zero-order valence-electron chi connectivity index (χ0n) is 29.7. The molecule has 6 rings (SSSR count). The van der Waals surface area contributed by atoms with Crippen molar-refractivity contribution in [1.82, 2.24) is 5.32 Å². The van der Waals surface area contributed by atoms with Gasteiger partial charge in [0.15, 0.2) is 0 Å². The molecule has 4 aromatic carbocycles. The van der Waals surface area contributed by atoms with Crippen molar-refractivity contribution in [3.05, 3.63) is 153 Å². The van der Waals surface area contributed by atoms with Gasteiger partial charge in [-0.25, -0.2) is 9.18 Å². The van der Waals surface area contributed by atoms with Gasteiger partial charge >= 0.3 is 5.97 Å². The van der Waals surface area contributed by atoms with Crippen molar-refractivity contribution < 1.29 is 28.3 Å². The molecule has 0 fully saturated rings. The zero-order valence-corrected chi connectivity index (χ0v) is 31.4. The molecule has 1 atom stereocenters. The van der Waals surface area contributed by atoms with E-state index in [1.165, 1.54) is 47.4 Å². The quantitative estimate of drug-likeness (QED) is 0.0663. The highest BCUT2D eigenvalue weighted by atomic mass is 32.2. The van der Waals surface area contributed by atoms with Crippen molar-refractivity contribution in [3.8, 4) is 0 Å². The molecule has 54 heavy (non-hydrogen) atoms. The van der Waals surface area contributed by atoms with Crippen LogP contribution in [0.3, 0.4) is 0 Å². The highest BCUT2D eigenvalue weighted by Gasteiger charge is 2.29. The summed E-state index contributed by atoms with van der Waals surface area (Å²) in [5, 5.41) is 8.33. The molecule has 0 radical (unpaired) electrons. The van der Waals surface area contributed by atoms with Crippen LogP contribution in [0.1, 0.15) is 80.1 Å². The Morgan fingerprint density at radius 2 is 1.54 bits per heavy atom. The molecule has 0 aliphatic heterocycles. The number of thiophene rings is 1. The van der Waals surface area contributed by atoms with E-state index >= 15 is 0 Å². The Balaban J connectivity index is 1.26. The van der Waals surface area contributed by atoms with Crippen LogP contribution in [0.25, 0.3) is 6.08 Å². The Labute approximate surface area is 322 Å². The lowest BCUT2D eigenvalue weighted by Gasteiger charge is -2.18. The second-order valence-electron chi connectivity index (χ2n) is 12.6. The minimum Gasteiger partial charge on any atom is -0.462 e. The molecule has 1 aliphatic carbocycles. The van der Waals surface area contributed by atoms with Crippen molar-refractivity contribution in [2.24, 2.45) is 0 Å². The van der Waals surface area contributed by atoms with Crippen LogP contribution in [0.2, 0.25) is 0 Å². The molecule has 11 heteroatoms. The first kappa shape index (κ1) is 38.2. The van der Waals surface area contributed by atoms with E-state index < -0.39 is 28.9 Å². The molecule has 1 aliphatic rings. The van der Waals surface area contributed by atoms with Gasteiger partial charge in [0, 0.05) is 26.6 Å². The first-order valence-corrected chi connectivity index (χ1v) is 19.6. The summed E-state index contributed by atoms with van der Waals surface area (Å²) in [4.78, 5) is 56.1. The molecule has 3 amide bonds. The van der Waals surface area contributed by atoms with E-state index in [-0.39, 0.29) is 23.8 Å². The van der Waals surface area contributed by atoms with Crippen LogP contribution in [0, 0.1) is 5.82 Å². The predicted molar refractivity (Wildman–Crippen MR) is 213 cm³/mol. The van der Waals surface area contributed by atoms with E-state index in [1.807, 2.05) is 36.4 Å². The third-order valence-corrected chi connectivity index (χ3v) is 11.3. The number of aryl methyl sites for hydroxylation is 1. The third-order valence-electron chi connectivity index (χ3n) is 8.81. The minimum absolute atomic E-state index is 0.126. The Morgan fingerprint density at radius 1 is 0.833 bits per heavy atom. The fraction of sp³-hybridized carbons (Fsp3) is 0.209. The van der Waals surface area contributed by atoms with Gasteiger partial charge in [-0.15, -0.1) is 23.1 Å². The summed E-state index contributed by atoms with van der Waals surface area (Å²) in [6.07, 6.45) is 7.12. The molecule has 1 unspecified atom stereocenters. The van der Waals surface area contributed by atoms with Crippen LogP contribution < -0.4 is 16.0 Å². The molecular weight excluding hydrogens is 722 g/mol. The molecule has 0 saturated carbocycles. The number of anilines is 2. The molecule has 0 saturated heterocycles. The van der Waals surface area contributed by atoms with Crippen molar-refractivity contribution in [2.75, 3.05) is 17.2 Å². The van der Waals surface area contributed by atoms with E-state index in [9.17, 15) is 23.6 Å². The molecule has 3 N–H and O–H groups in total. The number of thioether (sulfide) groups is 1. The second kappa shape index (κ2) is 18.5. The van der Waals surface area contributed by atoms with Crippen LogP contribution in [-0.4, -0.2) is 30.3 Å². The summed E-state index contributed by atoms with van der Waals surface area (Å²) in [5.41, 5.74) is 2.87. The molecular formula is C43H40FN3O5S2. The van der Waals surface area contributed by atoms with Crippen molar-refractivity contribution in [2.45, 2.75) is 55.6 Å². The smallest absolute Gasteiger partial charge is 0.341 e. The number of rotatable bonds is 12. The first-order chi connectivity index (χ1) is 26.3. The van der Waals surface area contributed by atoms with Crippen LogP contribution in [0.15, 0.2) is 120 Å². The van der Waals surface area contributed by atoms with E-state index in [0.29, 0.717) is 26.7 Å². The summed E-state index contributed by atoms with van der Waals surface area (Å²) in [7, 11) is 0. The average molecular weight is 762 g/mol. The molecule has 0 spiro atoms. The van der Waals surface area contributed by atoms with E-state index in [4.69, 9.17) is 4.74 Å². The molecule has 1 heterocycles. The lowest BCUT2D eigenvalue weighted by Crippen LogP contribution is -2.30. The Bertz CT molecular complexity index is 2150. The molecule has 0 bridgehead atoms. The van der Waals surface area contributed by atoms with Gasteiger partial charge in [0.2, 0.25) is 5.91 Å². The lowest BCUT2D eigenvalue weighted by atomic mass is 9.96. The largest absolute Gasteiger partial charge is 0.462 e. The highest BCUT2D eigenvalue weighted by molar-refractivity contribution is 8.00. The zero-order chi connectivity index (χ0) is 37.9. The standard InChI is InChI=1S/C43H40FN3O5S2/c1-2-52-43(51)37-33-23-11-3-4-12-25-36(33)54-42(37)47-41(50)38(28-16-7-5-8-17-28)53-32-22-15-21-31(27-32)45-40(49)35(26-30-20-13-14-24-34(30)44)46-39(48)29-18-9-6-10-19-29/h5-10,13-22,24,26-27,38H,2-4,11-12,23,25H2,1H3,(H,45,49)(H,46,48)(H,47,50)/b35-26-. The molecule has 276 valence electrons. The number of halogens is 1. The van der Waals surface area contributed by atoms with Gasteiger partial charge in [0.05, 0.1) is 12.2 Å². The van der Waals surface area contributed by atoms with Gasteiger partial charge in [-0.3, -0.25) is 14.4 Å². The molecule has 5 aromatic rings. The van der Waals surface area contributed by atoms with E-state index in [2.05, 4.69) is 16.0 Å². The SMILES string of the molecule is CCOC(=O)c1c(NC(=O)C(Sc2cccc(NC(=O)/C(=C/c3ccccc3F)NC(=O)c3ccccc3)c2)c2ccccc2)sc2c1CCCCCC2. The third kappa shape index (κ3) is 9.71. The number of ether oxygens (including phenoxy) is 1. The molecule has 8 nitrogen and oxygen atoms in total. The number of esters is 1.